The van der Waals surface area contributed by atoms with Gasteiger partial charge in [0.2, 0.25) is 5.91 Å². The van der Waals surface area contributed by atoms with Gasteiger partial charge in [-0.2, -0.15) is 0 Å². The lowest BCUT2D eigenvalue weighted by molar-refractivity contribution is -0.148. The Morgan fingerprint density at radius 2 is 1.89 bits per heavy atom. The molecule has 6 heteroatoms. The van der Waals surface area contributed by atoms with Crippen LogP contribution in [0, 0.1) is 0 Å². The molecule has 1 fully saturated rings. The Bertz CT molecular complexity index is 483. The van der Waals surface area contributed by atoms with Gasteiger partial charge in [-0.1, -0.05) is 11.6 Å². The smallest absolute Gasteiger partial charge is 0.323 e. The molecule has 3 N–H and O–H groups in total. The lowest BCUT2D eigenvalue weighted by Crippen LogP contribution is -2.58. The van der Waals surface area contributed by atoms with Crippen LogP contribution in [0.25, 0.3) is 0 Å². The van der Waals surface area contributed by atoms with Crippen molar-refractivity contribution in [1.29, 1.82) is 0 Å². The fourth-order valence-electron chi connectivity index (χ4n) is 1.98. The predicted molar refractivity (Wildman–Crippen MR) is 72.3 cm³/mol. The van der Waals surface area contributed by atoms with E-state index < -0.39 is 11.5 Å². The first-order valence-electron chi connectivity index (χ1n) is 6.06. The van der Waals surface area contributed by atoms with E-state index in [1.54, 1.807) is 24.3 Å². The predicted octanol–water partition coefficient (Wildman–Crippen LogP) is 1.88. The van der Waals surface area contributed by atoms with Gasteiger partial charge in [-0.15, -0.1) is 0 Å². The van der Waals surface area contributed by atoms with Crippen molar-refractivity contribution in [2.24, 2.45) is 0 Å². The quantitative estimate of drug-likeness (QED) is 0.770. The summed E-state index contributed by atoms with van der Waals surface area (Å²) in [7, 11) is 0. The number of aliphatic carboxylic acids is 1. The summed E-state index contributed by atoms with van der Waals surface area (Å²) in [6, 6.07) is 6.73. The molecule has 0 aliphatic heterocycles. The summed E-state index contributed by atoms with van der Waals surface area (Å²) in [5, 5.41) is 15.2. The molecule has 0 heterocycles. The van der Waals surface area contributed by atoms with E-state index in [0.717, 1.165) is 6.42 Å². The zero-order chi connectivity index (χ0) is 13.9. The van der Waals surface area contributed by atoms with Gasteiger partial charge in [0.15, 0.2) is 0 Å². The molecule has 1 saturated carbocycles. The van der Waals surface area contributed by atoms with Gasteiger partial charge in [-0.25, -0.2) is 0 Å². The lowest BCUT2D eigenvalue weighted by Gasteiger charge is -2.38. The highest BCUT2D eigenvalue weighted by Crippen LogP contribution is 2.31. The van der Waals surface area contributed by atoms with Crippen LogP contribution in [-0.4, -0.2) is 29.1 Å². The monoisotopic (exact) mass is 282 g/mol. The summed E-state index contributed by atoms with van der Waals surface area (Å²) in [6.45, 7) is -0.0189. The van der Waals surface area contributed by atoms with Crippen LogP contribution in [0.15, 0.2) is 24.3 Å². The van der Waals surface area contributed by atoms with E-state index in [-0.39, 0.29) is 12.5 Å². The normalized spacial score (nSPS) is 16.5. The van der Waals surface area contributed by atoms with Gasteiger partial charge < -0.3 is 10.4 Å². The molecule has 0 saturated heterocycles. The molecule has 0 atom stereocenters. The Balaban J connectivity index is 1.85. The molecule has 0 bridgehead atoms. The number of nitrogens with one attached hydrogen (secondary N) is 2. The van der Waals surface area contributed by atoms with Crippen LogP contribution in [0.1, 0.15) is 19.3 Å². The summed E-state index contributed by atoms with van der Waals surface area (Å²) in [5.41, 5.74) is -0.286. The number of benzene rings is 1. The third kappa shape index (κ3) is 3.24. The number of anilines is 1. The number of hydrogen-bond acceptors (Lipinski definition) is 3. The Hall–Kier alpha value is -1.59. The van der Waals surface area contributed by atoms with Crippen molar-refractivity contribution < 1.29 is 14.7 Å². The molecule has 1 aromatic carbocycles. The average molecular weight is 283 g/mol. The standard InChI is InChI=1S/C13H15ClN2O3/c14-9-2-4-10(5-3-9)16-11(17)8-15-13(12(18)19)6-1-7-13/h2-5,15H,1,6-8H2,(H,16,17)(H,18,19). The number of carboxylic acid groups (broad SMARTS) is 1. The summed E-state index contributed by atoms with van der Waals surface area (Å²) in [4.78, 5) is 22.8. The van der Waals surface area contributed by atoms with Crippen molar-refractivity contribution in [1.82, 2.24) is 5.32 Å². The van der Waals surface area contributed by atoms with Crippen molar-refractivity contribution in [3.8, 4) is 0 Å². The minimum Gasteiger partial charge on any atom is -0.480 e. The van der Waals surface area contributed by atoms with Crippen LogP contribution in [0.5, 0.6) is 0 Å². The van der Waals surface area contributed by atoms with Gasteiger partial charge >= 0.3 is 5.97 Å². The molecular formula is C13H15ClN2O3. The molecule has 1 aliphatic rings. The summed E-state index contributed by atoms with van der Waals surface area (Å²) in [5.74, 6) is -1.16. The maximum atomic E-state index is 11.7. The van der Waals surface area contributed by atoms with E-state index >= 15 is 0 Å². The van der Waals surface area contributed by atoms with Crippen molar-refractivity contribution in [2.75, 3.05) is 11.9 Å². The minimum atomic E-state index is -0.919. The van der Waals surface area contributed by atoms with Crippen LogP contribution in [0.2, 0.25) is 5.02 Å². The number of amides is 1. The van der Waals surface area contributed by atoms with Crippen LogP contribution in [0.3, 0.4) is 0 Å². The molecule has 102 valence electrons. The fourth-order valence-corrected chi connectivity index (χ4v) is 2.11. The van der Waals surface area contributed by atoms with Gasteiger partial charge in [0.1, 0.15) is 5.54 Å². The van der Waals surface area contributed by atoms with Gasteiger partial charge in [-0.05, 0) is 43.5 Å². The maximum Gasteiger partial charge on any atom is 0.323 e. The van der Waals surface area contributed by atoms with Crippen molar-refractivity contribution >= 4 is 29.2 Å². The van der Waals surface area contributed by atoms with Crippen molar-refractivity contribution in [3.63, 3.8) is 0 Å². The third-order valence-corrected chi connectivity index (χ3v) is 3.58. The molecule has 0 aromatic heterocycles. The van der Waals surface area contributed by atoms with Gasteiger partial charge in [0.05, 0.1) is 6.54 Å². The zero-order valence-corrected chi connectivity index (χ0v) is 11.0. The molecule has 5 nitrogen and oxygen atoms in total. The molecule has 19 heavy (non-hydrogen) atoms. The zero-order valence-electron chi connectivity index (χ0n) is 10.3. The van der Waals surface area contributed by atoms with E-state index in [0.29, 0.717) is 23.6 Å². The van der Waals surface area contributed by atoms with Crippen LogP contribution in [-0.2, 0) is 9.59 Å². The van der Waals surface area contributed by atoms with E-state index in [2.05, 4.69) is 10.6 Å². The Kier molecular flexibility index (Phi) is 4.07. The molecule has 2 rings (SSSR count). The lowest BCUT2D eigenvalue weighted by atomic mass is 9.77. The van der Waals surface area contributed by atoms with Crippen LogP contribution < -0.4 is 10.6 Å². The van der Waals surface area contributed by atoms with Crippen LogP contribution >= 0.6 is 11.6 Å². The van der Waals surface area contributed by atoms with Crippen molar-refractivity contribution in [2.45, 2.75) is 24.8 Å². The molecule has 0 radical (unpaired) electrons. The maximum absolute atomic E-state index is 11.7. The molecule has 1 aliphatic carbocycles. The van der Waals surface area contributed by atoms with Crippen molar-refractivity contribution in [3.05, 3.63) is 29.3 Å². The van der Waals surface area contributed by atoms with E-state index in [9.17, 15) is 9.59 Å². The second kappa shape index (κ2) is 5.59. The Morgan fingerprint density at radius 3 is 2.37 bits per heavy atom. The summed E-state index contributed by atoms with van der Waals surface area (Å²) >= 11 is 5.74. The van der Waals surface area contributed by atoms with Gasteiger partial charge in [0, 0.05) is 10.7 Å². The number of carboxylic acids is 1. The van der Waals surface area contributed by atoms with Gasteiger partial charge in [0.25, 0.3) is 0 Å². The molecule has 0 unspecified atom stereocenters. The first-order valence-corrected chi connectivity index (χ1v) is 6.43. The molecule has 0 spiro atoms. The largest absolute Gasteiger partial charge is 0.480 e. The summed E-state index contributed by atoms with van der Waals surface area (Å²) in [6.07, 6.45) is 2.01. The SMILES string of the molecule is O=C(CNC1(C(=O)O)CCC1)Nc1ccc(Cl)cc1. The van der Waals surface area contributed by atoms with Crippen LogP contribution in [0.4, 0.5) is 5.69 Å². The Labute approximate surface area is 116 Å². The highest BCUT2D eigenvalue weighted by molar-refractivity contribution is 6.30. The topological polar surface area (TPSA) is 78.4 Å². The molecular weight excluding hydrogens is 268 g/mol. The minimum absolute atomic E-state index is 0.0189. The number of carbonyl (C=O) groups is 2. The number of carbonyl (C=O) groups excluding carboxylic acids is 1. The summed E-state index contributed by atoms with van der Waals surface area (Å²) < 4.78 is 0. The van der Waals surface area contributed by atoms with Gasteiger partial charge in [-0.3, -0.25) is 14.9 Å². The fraction of sp³-hybridized carbons (Fsp3) is 0.385. The number of rotatable bonds is 5. The van der Waals surface area contributed by atoms with E-state index in [1.165, 1.54) is 0 Å². The first kappa shape index (κ1) is 13.8. The average Bonchev–Trinajstić information content (AvgIpc) is 2.30. The van der Waals surface area contributed by atoms with E-state index in [1.807, 2.05) is 0 Å². The third-order valence-electron chi connectivity index (χ3n) is 3.33. The number of halogens is 1. The molecule has 1 aromatic rings. The first-order chi connectivity index (χ1) is 9.02. The molecule has 1 amide bonds. The Morgan fingerprint density at radius 1 is 1.26 bits per heavy atom. The van der Waals surface area contributed by atoms with E-state index in [4.69, 9.17) is 16.7 Å². The highest BCUT2D eigenvalue weighted by atomic mass is 35.5. The highest BCUT2D eigenvalue weighted by Gasteiger charge is 2.44. The second-order valence-corrected chi connectivity index (χ2v) is 5.09. The second-order valence-electron chi connectivity index (χ2n) is 4.65. The number of hydrogen-bond donors (Lipinski definition) is 3.